The normalized spacial score (nSPS) is 11.6. The standard InChI is InChI=1S/C19H23N5O3S/c1-19(2,3)28-17-9-8-15-21-23(18(26)24(15)22-17)12-16(25)20-11-13-6-5-7-14(10-13)27-4/h5-10H,11-12H2,1-4H3,(H,20,25). The highest BCUT2D eigenvalue weighted by atomic mass is 32.2. The van der Waals surface area contributed by atoms with Crippen LogP contribution in [0.1, 0.15) is 26.3 Å². The molecule has 0 unspecified atom stereocenters. The van der Waals surface area contributed by atoms with Crippen molar-refractivity contribution >= 4 is 23.3 Å². The first-order chi connectivity index (χ1) is 13.2. The average molecular weight is 401 g/mol. The zero-order valence-corrected chi connectivity index (χ0v) is 17.1. The van der Waals surface area contributed by atoms with Gasteiger partial charge in [-0.05, 0) is 29.8 Å². The number of nitrogens with zero attached hydrogens (tertiary/aromatic N) is 4. The number of ether oxygens (including phenoxy) is 1. The maximum Gasteiger partial charge on any atom is 0.367 e. The number of nitrogens with one attached hydrogen (secondary N) is 1. The molecule has 1 N–H and O–H groups in total. The number of benzene rings is 1. The molecule has 0 aliphatic rings. The fourth-order valence-corrected chi connectivity index (χ4v) is 3.42. The third kappa shape index (κ3) is 4.92. The van der Waals surface area contributed by atoms with Gasteiger partial charge in [0.25, 0.3) is 0 Å². The Bertz CT molecular complexity index is 1050. The van der Waals surface area contributed by atoms with Gasteiger partial charge in [-0.2, -0.15) is 9.61 Å². The maximum absolute atomic E-state index is 12.5. The summed E-state index contributed by atoms with van der Waals surface area (Å²) in [7, 11) is 1.59. The van der Waals surface area contributed by atoms with Crippen LogP contribution in [0.5, 0.6) is 5.75 Å². The molecule has 0 radical (unpaired) electrons. The molecule has 0 saturated heterocycles. The van der Waals surface area contributed by atoms with Crippen LogP contribution in [0, 0.1) is 0 Å². The first kappa shape index (κ1) is 19.9. The Hall–Kier alpha value is -2.81. The molecule has 0 fully saturated rings. The van der Waals surface area contributed by atoms with Crippen LogP contribution in [0.15, 0.2) is 46.2 Å². The van der Waals surface area contributed by atoms with Gasteiger partial charge in [0.15, 0.2) is 5.65 Å². The first-order valence-corrected chi connectivity index (χ1v) is 9.62. The Morgan fingerprint density at radius 2 is 2.00 bits per heavy atom. The summed E-state index contributed by atoms with van der Waals surface area (Å²) in [5.74, 6) is 0.413. The molecular formula is C19H23N5O3S. The SMILES string of the molecule is COc1cccc(CNC(=O)Cn2nc3ccc(SC(C)(C)C)nn3c2=O)c1. The van der Waals surface area contributed by atoms with Gasteiger partial charge in [0.1, 0.15) is 17.3 Å². The van der Waals surface area contributed by atoms with E-state index in [2.05, 4.69) is 36.3 Å². The van der Waals surface area contributed by atoms with Crippen LogP contribution in [-0.2, 0) is 17.9 Å². The third-order valence-corrected chi connectivity index (χ3v) is 4.78. The summed E-state index contributed by atoms with van der Waals surface area (Å²) in [5.41, 5.74) is 0.868. The van der Waals surface area contributed by atoms with Crippen molar-refractivity contribution in [2.45, 2.75) is 43.6 Å². The van der Waals surface area contributed by atoms with Crippen molar-refractivity contribution < 1.29 is 9.53 Å². The van der Waals surface area contributed by atoms with Crippen LogP contribution in [0.25, 0.3) is 5.65 Å². The second-order valence-corrected chi connectivity index (χ2v) is 9.07. The fraction of sp³-hybridized carbons (Fsp3) is 0.368. The molecule has 1 amide bonds. The zero-order valence-electron chi connectivity index (χ0n) is 16.3. The highest BCUT2D eigenvalue weighted by Crippen LogP contribution is 2.29. The van der Waals surface area contributed by atoms with E-state index in [1.807, 2.05) is 30.3 Å². The van der Waals surface area contributed by atoms with Gasteiger partial charge in [0.2, 0.25) is 5.91 Å². The number of methoxy groups -OCH3 is 1. The Morgan fingerprint density at radius 3 is 2.71 bits per heavy atom. The fourth-order valence-electron chi connectivity index (χ4n) is 2.54. The van der Waals surface area contributed by atoms with E-state index in [1.165, 1.54) is 4.52 Å². The van der Waals surface area contributed by atoms with Crippen molar-refractivity contribution in [3.63, 3.8) is 0 Å². The van der Waals surface area contributed by atoms with Crippen LogP contribution in [0.2, 0.25) is 0 Å². The first-order valence-electron chi connectivity index (χ1n) is 8.81. The quantitative estimate of drug-likeness (QED) is 0.636. The molecule has 0 bridgehead atoms. The number of aromatic nitrogens is 4. The zero-order chi connectivity index (χ0) is 20.3. The van der Waals surface area contributed by atoms with E-state index in [4.69, 9.17) is 4.74 Å². The van der Waals surface area contributed by atoms with Crippen LogP contribution in [-0.4, -0.2) is 37.2 Å². The number of hydrogen-bond acceptors (Lipinski definition) is 6. The van der Waals surface area contributed by atoms with Crippen LogP contribution < -0.4 is 15.7 Å². The monoisotopic (exact) mass is 401 g/mol. The summed E-state index contributed by atoms with van der Waals surface area (Å²) in [6.07, 6.45) is 0. The summed E-state index contributed by atoms with van der Waals surface area (Å²) in [4.78, 5) is 24.8. The van der Waals surface area contributed by atoms with E-state index < -0.39 is 5.69 Å². The number of rotatable bonds is 6. The molecular weight excluding hydrogens is 378 g/mol. The number of fused-ring (bicyclic) bond motifs is 1. The van der Waals surface area contributed by atoms with E-state index in [0.717, 1.165) is 21.0 Å². The van der Waals surface area contributed by atoms with Gasteiger partial charge >= 0.3 is 5.69 Å². The minimum atomic E-state index is -0.442. The Labute approximate surface area is 166 Å². The molecule has 148 valence electrons. The van der Waals surface area contributed by atoms with E-state index in [0.29, 0.717) is 12.2 Å². The minimum absolute atomic E-state index is 0.0275. The van der Waals surface area contributed by atoms with Gasteiger partial charge < -0.3 is 10.1 Å². The van der Waals surface area contributed by atoms with E-state index in [-0.39, 0.29) is 17.2 Å². The molecule has 0 aliphatic heterocycles. The lowest BCUT2D eigenvalue weighted by atomic mass is 10.2. The molecule has 0 aliphatic carbocycles. The smallest absolute Gasteiger partial charge is 0.367 e. The Morgan fingerprint density at radius 1 is 1.21 bits per heavy atom. The largest absolute Gasteiger partial charge is 0.497 e. The van der Waals surface area contributed by atoms with Crippen LogP contribution in [0.4, 0.5) is 0 Å². The lowest BCUT2D eigenvalue weighted by Crippen LogP contribution is -2.32. The van der Waals surface area contributed by atoms with E-state index in [1.54, 1.807) is 24.9 Å². The second kappa shape index (κ2) is 8.05. The van der Waals surface area contributed by atoms with Gasteiger partial charge in [0.05, 0.1) is 7.11 Å². The van der Waals surface area contributed by atoms with Crippen molar-refractivity contribution in [1.29, 1.82) is 0 Å². The molecule has 3 aromatic rings. The molecule has 8 nitrogen and oxygen atoms in total. The van der Waals surface area contributed by atoms with Crippen molar-refractivity contribution in [2.75, 3.05) is 7.11 Å². The number of carbonyl (C=O) groups excluding carboxylic acids is 1. The molecule has 0 spiro atoms. The lowest BCUT2D eigenvalue weighted by Gasteiger charge is -2.16. The summed E-state index contributed by atoms with van der Waals surface area (Å²) in [6.45, 7) is 6.38. The Balaban J connectivity index is 1.70. The molecule has 28 heavy (non-hydrogen) atoms. The molecule has 9 heteroatoms. The van der Waals surface area contributed by atoms with Crippen molar-refractivity contribution in [3.8, 4) is 5.75 Å². The van der Waals surface area contributed by atoms with E-state index in [9.17, 15) is 9.59 Å². The molecule has 0 atom stereocenters. The summed E-state index contributed by atoms with van der Waals surface area (Å²) < 4.78 is 7.48. The third-order valence-electron chi connectivity index (χ3n) is 3.74. The average Bonchev–Trinajstić information content (AvgIpc) is 2.94. The highest BCUT2D eigenvalue weighted by Gasteiger charge is 2.16. The predicted octanol–water partition coefficient (Wildman–Crippen LogP) is 2.11. The summed E-state index contributed by atoms with van der Waals surface area (Å²) in [6, 6.07) is 11.0. The molecule has 2 heterocycles. The minimum Gasteiger partial charge on any atom is -0.497 e. The van der Waals surface area contributed by atoms with Gasteiger partial charge in [-0.25, -0.2) is 9.48 Å². The topological polar surface area (TPSA) is 90.5 Å². The number of thioether (sulfide) groups is 1. The van der Waals surface area contributed by atoms with Gasteiger partial charge in [-0.15, -0.1) is 5.10 Å². The lowest BCUT2D eigenvalue weighted by molar-refractivity contribution is -0.122. The van der Waals surface area contributed by atoms with Crippen molar-refractivity contribution in [3.05, 3.63) is 52.4 Å². The van der Waals surface area contributed by atoms with Crippen LogP contribution >= 0.6 is 11.8 Å². The summed E-state index contributed by atoms with van der Waals surface area (Å²) >= 11 is 1.56. The molecule has 3 rings (SSSR count). The predicted molar refractivity (Wildman–Crippen MR) is 108 cm³/mol. The molecule has 2 aromatic heterocycles. The summed E-state index contributed by atoms with van der Waals surface area (Å²) in [5, 5.41) is 12.0. The Kier molecular flexibility index (Phi) is 5.73. The van der Waals surface area contributed by atoms with Gasteiger partial charge in [-0.1, -0.05) is 44.7 Å². The van der Waals surface area contributed by atoms with Crippen molar-refractivity contribution in [1.82, 2.24) is 24.7 Å². The second-order valence-electron chi connectivity index (χ2n) is 7.22. The number of carbonyl (C=O) groups is 1. The van der Waals surface area contributed by atoms with Crippen LogP contribution in [0.3, 0.4) is 0 Å². The van der Waals surface area contributed by atoms with Gasteiger partial charge in [0, 0.05) is 11.3 Å². The molecule has 1 aromatic carbocycles. The number of hydrogen-bond donors (Lipinski definition) is 1. The van der Waals surface area contributed by atoms with E-state index >= 15 is 0 Å². The highest BCUT2D eigenvalue weighted by molar-refractivity contribution is 8.00. The maximum atomic E-state index is 12.5. The van der Waals surface area contributed by atoms with Crippen molar-refractivity contribution in [2.24, 2.45) is 0 Å². The molecule has 0 saturated carbocycles. The van der Waals surface area contributed by atoms with Gasteiger partial charge in [-0.3, -0.25) is 4.79 Å². The number of amides is 1.